The molecule has 0 heterocycles. The monoisotopic (exact) mass is 318 g/mol. The van der Waals surface area contributed by atoms with Gasteiger partial charge >= 0.3 is 0 Å². The summed E-state index contributed by atoms with van der Waals surface area (Å²) in [4.78, 5) is 23.4. The van der Waals surface area contributed by atoms with E-state index < -0.39 is 11.5 Å². The Kier molecular flexibility index (Phi) is 4.07. The predicted octanol–water partition coefficient (Wildman–Crippen LogP) is 3.69. The maximum absolute atomic E-state index is 12.2. The minimum atomic E-state index is -0.730. The van der Waals surface area contributed by atoms with Crippen LogP contribution in [-0.2, 0) is 9.59 Å². The van der Waals surface area contributed by atoms with E-state index in [2.05, 4.69) is 20.8 Å². The molecule has 3 nitrogen and oxygen atoms in total. The van der Waals surface area contributed by atoms with Crippen molar-refractivity contribution in [1.82, 2.24) is 0 Å². The first kappa shape index (κ1) is 16.9. The Labute approximate surface area is 139 Å². The van der Waals surface area contributed by atoms with Gasteiger partial charge < -0.3 is 9.90 Å². The fourth-order valence-corrected chi connectivity index (χ4v) is 6.46. The van der Waals surface area contributed by atoms with Gasteiger partial charge in [0.25, 0.3) is 0 Å². The lowest BCUT2D eigenvalue weighted by Crippen LogP contribution is -2.59. The van der Waals surface area contributed by atoms with E-state index in [1.165, 1.54) is 12.8 Å². The van der Waals surface area contributed by atoms with Crippen LogP contribution in [0.3, 0.4) is 0 Å². The van der Waals surface area contributed by atoms with E-state index >= 15 is 0 Å². The summed E-state index contributed by atoms with van der Waals surface area (Å²) < 4.78 is 0. The van der Waals surface area contributed by atoms with Crippen molar-refractivity contribution in [3.05, 3.63) is 11.6 Å². The largest absolute Gasteiger partial charge is 0.392 e. The molecule has 23 heavy (non-hydrogen) atoms. The summed E-state index contributed by atoms with van der Waals surface area (Å²) in [6, 6.07) is 0. The van der Waals surface area contributed by atoms with Crippen LogP contribution in [-0.4, -0.2) is 23.8 Å². The van der Waals surface area contributed by atoms with Gasteiger partial charge in [0, 0.05) is 6.42 Å². The number of carbonyl (C=O) groups is 2. The molecule has 0 aromatic heterocycles. The molecule has 3 rings (SSSR count). The third kappa shape index (κ3) is 2.34. The van der Waals surface area contributed by atoms with Crippen LogP contribution in [0.2, 0.25) is 0 Å². The van der Waals surface area contributed by atoms with Gasteiger partial charge in [-0.1, -0.05) is 33.3 Å². The molecule has 5 atom stereocenters. The number of fused-ring (bicyclic) bond motifs is 3. The Morgan fingerprint density at radius 1 is 1.13 bits per heavy atom. The molecule has 1 N–H and O–H groups in total. The summed E-state index contributed by atoms with van der Waals surface area (Å²) in [6.45, 7) is 7.07. The van der Waals surface area contributed by atoms with Crippen LogP contribution in [0.15, 0.2) is 11.6 Å². The molecule has 5 unspecified atom stereocenters. The minimum absolute atomic E-state index is 0.0662. The van der Waals surface area contributed by atoms with Gasteiger partial charge in [-0.05, 0) is 60.3 Å². The first-order valence-electron chi connectivity index (χ1n) is 9.09. The average Bonchev–Trinajstić information content (AvgIpc) is 2.64. The lowest BCUT2D eigenvalue weighted by molar-refractivity contribution is -0.170. The Balaban J connectivity index is 2.08. The highest BCUT2D eigenvalue weighted by molar-refractivity contribution is 5.74. The Morgan fingerprint density at radius 3 is 2.52 bits per heavy atom. The zero-order chi connectivity index (χ0) is 16.9. The average molecular weight is 318 g/mol. The van der Waals surface area contributed by atoms with E-state index in [9.17, 15) is 14.7 Å². The number of aliphatic hydroxyl groups is 1. The van der Waals surface area contributed by atoms with Gasteiger partial charge in [-0.25, -0.2) is 0 Å². The Morgan fingerprint density at radius 2 is 1.87 bits per heavy atom. The van der Waals surface area contributed by atoms with E-state index in [0.717, 1.165) is 38.3 Å². The second-order valence-corrected chi connectivity index (χ2v) is 9.07. The van der Waals surface area contributed by atoms with Gasteiger partial charge in [0.1, 0.15) is 12.6 Å². The van der Waals surface area contributed by atoms with E-state index in [4.69, 9.17) is 0 Å². The zero-order valence-corrected chi connectivity index (χ0v) is 14.7. The molecule has 2 saturated carbocycles. The van der Waals surface area contributed by atoms with Crippen LogP contribution >= 0.6 is 0 Å². The van der Waals surface area contributed by atoms with E-state index in [1.807, 2.05) is 6.08 Å². The molecular weight excluding hydrogens is 288 g/mol. The fourth-order valence-electron chi connectivity index (χ4n) is 6.46. The van der Waals surface area contributed by atoms with E-state index in [1.54, 1.807) is 0 Å². The molecular formula is C20H30O3. The third-order valence-electron chi connectivity index (χ3n) is 7.62. The number of hydrogen-bond acceptors (Lipinski definition) is 3. The molecule has 0 aromatic rings. The number of aldehydes is 2. The van der Waals surface area contributed by atoms with Gasteiger partial charge in [-0.2, -0.15) is 0 Å². The van der Waals surface area contributed by atoms with Crippen LogP contribution < -0.4 is 0 Å². The highest BCUT2D eigenvalue weighted by Gasteiger charge is 2.61. The second kappa shape index (κ2) is 5.54. The second-order valence-electron chi connectivity index (χ2n) is 9.07. The van der Waals surface area contributed by atoms with Gasteiger partial charge in [0.05, 0.1) is 11.5 Å². The van der Waals surface area contributed by atoms with Gasteiger partial charge in [-0.3, -0.25) is 4.79 Å². The van der Waals surface area contributed by atoms with Crippen LogP contribution in [0.1, 0.15) is 65.7 Å². The van der Waals surface area contributed by atoms with Crippen molar-refractivity contribution >= 4 is 12.6 Å². The number of aliphatic hydroxyl groups excluding tert-OH is 1. The van der Waals surface area contributed by atoms with Crippen molar-refractivity contribution in [2.45, 2.75) is 71.8 Å². The molecule has 0 radical (unpaired) electrons. The van der Waals surface area contributed by atoms with Crippen molar-refractivity contribution in [2.75, 3.05) is 0 Å². The highest BCUT2D eigenvalue weighted by Crippen LogP contribution is 2.66. The number of carbonyl (C=O) groups excluding carboxylic acids is 2. The van der Waals surface area contributed by atoms with Gasteiger partial charge in [-0.15, -0.1) is 0 Å². The first-order chi connectivity index (χ1) is 10.8. The molecule has 0 spiro atoms. The standard InChI is InChI=1S/C20H30O3/c1-18(2)8-4-9-19(3)15(18)7-10-20(13-22)16(19)6-5-14(12-21)11-17(20)23/h5,12-13,15-17,23H,4,6-11H2,1-3H3. The summed E-state index contributed by atoms with van der Waals surface area (Å²) in [5.74, 6) is 0.721. The van der Waals surface area contributed by atoms with Crippen LogP contribution in [0.25, 0.3) is 0 Å². The van der Waals surface area contributed by atoms with Crippen LogP contribution in [0, 0.1) is 28.1 Å². The summed E-state index contributed by atoms with van der Waals surface area (Å²) in [7, 11) is 0. The first-order valence-corrected chi connectivity index (χ1v) is 9.09. The van der Waals surface area contributed by atoms with Crippen molar-refractivity contribution in [2.24, 2.45) is 28.1 Å². The van der Waals surface area contributed by atoms with Gasteiger partial charge in [0.15, 0.2) is 0 Å². The summed E-state index contributed by atoms with van der Waals surface area (Å²) in [5, 5.41) is 10.8. The topological polar surface area (TPSA) is 54.4 Å². The molecule has 0 amide bonds. The number of rotatable bonds is 2. The molecule has 128 valence electrons. The lowest BCUT2D eigenvalue weighted by Gasteiger charge is -2.62. The molecule has 0 saturated heterocycles. The molecule has 0 aliphatic heterocycles. The molecule has 3 aliphatic carbocycles. The van der Waals surface area contributed by atoms with E-state index in [-0.39, 0.29) is 16.7 Å². The quantitative estimate of drug-likeness (QED) is 0.790. The van der Waals surface area contributed by atoms with Crippen molar-refractivity contribution in [1.29, 1.82) is 0 Å². The highest BCUT2D eigenvalue weighted by atomic mass is 16.3. The summed E-state index contributed by atoms with van der Waals surface area (Å²) in [6.07, 6.45) is 9.52. The molecule has 3 heteroatoms. The summed E-state index contributed by atoms with van der Waals surface area (Å²) >= 11 is 0. The van der Waals surface area contributed by atoms with E-state index in [0.29, 0.717) is 17.9 Å². The number of hydrogen-bond donors (Lipinski definition) is 1. The maximum Gasteiger partial charge on any atom is 0.145 e. The smallest absolute Gasteiger partial charge is 0.145 e. The normalized spacial score (nSPS) is 45.9. The van der Waals surface area contributed by atoms with Crippen LogP contribution in [0.5, 0.6) is 0 Å². The molecule has 0 aromatic carbocycles. The predicted molar refractivity (Wildman–Crippen MR) is 89.8 cm³/mol. The number of allylic oxidation sites excluding steroid dienone is 1. The SMILES string of the molecule is CC1(C)CCCC2(C)C1CCC1(C=O)C(O)CC(C=O)=CCC21. The third-order valence-corrected chi connectivity index (χ3v) is 7.62. The van der Waals surface area contributed by atoms with Crippen molar-refractivity contribution < 1.29 is 14.7 Å². The maximum atomic E-state index is 12.2. The zero-order valence-electron chi connectivity index (χ0n) is 14.7. The van der Waals surface area contributed by atoms with Gasteiger partial charge in [0.2, 0.25) is 0 Å². The van der Waals surface area contributed by atoms with Crippen molar-refractivity contribution in [3.8, 4) is 0 Å². The minimum Gasteiger partial charge on any atom is -0.392 e. The Hall–Kier alpha value is -0.960. The molecule has 2 fully saturated rings. The lowest BCUT2D eigenvalue weighted by atomic mass is 9.42. The summed E-state index contributed by atoms with van der Waals surface area (Å²) in [5.41, 5.74) is 0.330. The molecule has 0 bridgehead atoms. The van der Waals surface area contributed by atoms with Crippen LogP contribution in [0.4, 0.5) is 0 Å². The van der Waals surface area contributed by atoms with Crippen molar-refractivity contribution in [3.63, 3.8) is 0 Å². The molecule has 3 aliphatic rings. The fraction of sp³-hybridized carbons (Fsp3) is 0.800. The Bertz CT molecular complexity index is 535.